The first kappa shape index (κ1) is 18.1. The Morgan fingerprint density at radius 3 is 2.33 bits per heavy atom. The maximum absolute atomic E-state index is 12.1. The molecule has 7 heteroatoms. The second-order valence-electron chi connectivity index (χ2n) is 5.14. The van der Waals surface area contributed by atoms with Crippen molar-refractivity contribution in [3.8, 4) is 0 Å². The van der Waals surface area contributed by atoms with Crippen LogP contribution in [0, 0.1) is 0 Å². The fourth-order valence-corrected chi connectivity index (χ4v) is 3.03. The van der Waals surface area contributed by atoms with Crippen LogP contribution in [0.25, 0.3) is 0 Å². The SMILES string of the molecule is CC(=O)Nc1ccc(S(=O)(=O)NCCOCc2ccccc2)cc1. The normalized spacial score (nSPS) is 11.2. The third-order valence-electron chi connectivity index (χ3n) is 3.14. The Balaban J connectivity index is 1.79. The molecule has 24 heavy (non-hydrogen) atoms. The summed E-state index contributed by atoms with van der Waals surface area (Å²) in [5.41, 5.74) is 1.58. The van der Waals surface area contributed by atoms with Gasteiger partial charge in [0.2, 0.25) is 15.9 Å². The van der Waals surface area contributed by atoms with Crippen LogP contribution in [0.1, 0.15) is 12.5 Å². The minimum Gasteiger partial charge on any atom is -0.375 e. The average molecular weight is 348 g/mol. The van der Waals surface area contributed by atoms with Gasteiger partial charge in [-0.2, -0.15) is 0 Å². The molecule has 2 rings (SSSR count). The quantitative estimate of drug-likeness (QED) is 0.716. The van der Waals surface area contributed by atoms with Crippen LogP contribution in [0.5, 0.6) is 0 Å². The molecule has 0 heterocycles. The summed E-state index contributed by atoms with van der Waals surface area (Å²) in [6.07, 6.45) is 0. The van der Waals surface area contributed by atoms with Crippen LogP contribution >= 0.6 is 0 Å². The van der Waals surface area contributed by atoms with E-state index in [1.165, 1.54) is 19.1 Å². The van der Waals surface area contributed by atoms with Crippen LogP contribution in [0.2, 0.25) is 0 Å². The molecule has 6 nitrogen and oxygen atoms in total. The van der Waals surface area contributed by atoms with Crippen LogP contribution in [0.4, 0.5) is 5.69 Å². The highest BCUT2D eigenvalue weighted by Crippen LogP contribution is 2.13. The van der Waals surface area contributed by atoms with Crippen molar-refractivity contribution in [3.05, 3.63) is 60.2 Å². The van der Waals surface area contributed by atoms with Crippen molar-refractivity contribution < 1.29 is 17.9 Å². The van der Waals surface area contributed by atoms with Gasteiger partial charge in [0.15, 0.2) is 0 Å². The molecule has 0 spiro atoms. The van der Waals surface area contributed by atoms with Gasteiger partial charge in [-0.15, -0.1) is 0 Å². The summed E-state index contributed by atoms with van der Waals surface area (Å²) in [4.78, 5) is 11.1. The number of amides is 1. The molecule has 0 bridgehead atoms. The van der Waals surface area contributed by atoms with Crippen molar-refractivity contribution in [2.75, 3.05) is 18.5 Å². The lowest BCUT2D eigenvalue weighted by Crippen LogP contribution is -2.27. The molecule has 0 aliphatic heterocycles. The van der Waals surface area contributed by atoms with Crippen molar-refractivity contribution >= 4 is 21.6 Å². The molecule has 0 aliphatic carbocycles. The molecule has 0 unspecified atom stereocenters. The smallest absolute Gasteiger partial charge is 0.240 e. The Labute approximate surface area is 141 Å². The largest absolute Gasteiger partial charge is 0.375 e. The van der Waals surface area contributed by atoms with Crippen molar-refractivity contribution in [1.29, 1.82) is 0 Å². The highest BCUT2D eigenvalue weighted by Gasteiger charge is 2.13. The lowest BCUT2D eigenvalue weighted by molar-refractivity contribution is -0.114. The van der Waals surface area contributed by atoms with Crippen LogP contribution in [-0.4, -0.2) is 27.5 Å². The topological polar surface area (TPSA) is 84.5 Å². The Morgan fingerprint density at radius 2 is 1.71 bits per heavy atom. The average Bonchev–Trinajstić information content (AvgIpc) is 2.55. The van der Waals surface area contributed by atoms with Gasteiger partial charge < -0.3 is 10.1 Å². The van der Waals surface area contributed by atoms with E-state index in [1.54, 1.807) is 12.1 Å². The molecule has 0 aliphatic rings. The van der Waals surface area contributed by atoms with Crippen molar-refractivity contribution in [1.82, 2.24) is 4.72 Å². The first-order valence-corrected chi connectivity index (χ1v) is 8.95. The molecule has 2 aromatic rings. The summed E-state index contributed by atoms with van der Waals surface area (Å²) < 4.78 is 32.2. The molecule has 0 aromatic heterocycles. The van der Waals surface area contributed by atoms with E-state index < -0.39 is 10.0 Å². The fraction of sp³-hybridized carbons (Fsp3) is 0.235. The number of nitrogens with one attached hydrogen (secondary N) is 2. The van der Waals surface area contributed by atoms with E-state index in [4.69, 9.17) is 4.74 Å². The summed E-state index contributed by atoms with van der Waals surface area (Å²) in [6, 6.07) is 15.6. The number of sulfonamides is 1. The Bertz CT molecular complexity index is 759. The number of rotatable bonds is 8. The predicted octanol–water partition coefficient (Wildman–Crippen LogP) is 2.14. The molecule has 0 radical (unpaired) electrons. The van der Waals surface area contributed by atoms with Crippen molar-refractivity contribution in [2.45, 2.75) is 18.4 Å². The molecule has 0 saturated carbocycles. The van der Waals surface area contributed by atoms with Gasteiger partial charge in [0, 0.05) is 19.2 Å². The Morgan fingerprint density at radius 1 is 1.04 bits per heavy atom. The minimum absolute atomic E-state index is 0.139. The van der Waals surface area contributed by atoms with E-state index in [0.717, 1.165) is 5.56 Å². The number of anilines is 1. The summed E-state index contributed by atoms with van der Waals surface area (Å²) >= 11 is 0. The van der Waals surface area contributed by atoms with Crippen LogP contribution in [0.15, 0.2) is 59.5 Å². The molecule has 0 saturated heterocycles. The summed E-state index contributed by atoms with van der Waals surface area (Å²) in [5.74, 6) is -0.209. The van der Waals surface area contributed by atoms with Gasteiger partial charge in [0.05, 0.1) is 18.1 Å². The van der Waals surface area contributed by atoms with Gasteiger partial charge >= 0.3 is 0 Å². The number of carbonyl (C=O) groups excluding carboxylic acids is 1. The first-order valence-electron chi connectivity index (χ1n) is 7.46. The zero-order valence-corrected chi connectivity index (χ0v) is 14.2. The van der Waals surface area contributed by atoms with Gasteiger partial charge in [-0.05, 0) is 29.8 Å². The van der Waals surface area contributed by atoms with E-state index in [1.807, 2.05) is 30.3 Å². The Kier molecular flexibility index (Phi) is 6.48. The number of hydrogen-bond acceptors (Lipinski definition) is 4. The molecule has 2 N–H and O–H groups in total. The van der Waals surface area contributed by atoms with Gasteiger partial charge in [-0.3, -0.25) is 4.79 Å². The highest BCUT2D eigenvalue weighted by atomic mass is 32.2. The molecular formula is C17H20N2O4S. The monoisotopic (exact) mass is 348 g/mol. The second-order valence-corrected chi connectivity index (χ2v) is 6.91. The van der Waals surface area contributed by atoms with Gasteiger partial charge in [0.1, 0.15) is 0 Å². The third-order valence-corrected chi connectivity index (χ3v) is 4.61. The Hall–Kier alpha value is -2.22. The summed E-state index contributed by atoms with van der Waals surface area (Å²) in [7, 11) is -3.59. The maximum Gasteiger partial charge on any atom is 0.240 e. The van der Waals surface area contributed by atoms with E-state index in [2.05, 4.69) is 10.0 Å². The lowest BCUT2D eigenvalue weighted by atomic mass is 10.2. The molecule has 0 atom stereocenters. The minimum atomic E-state index is -3.59. The summed E-state index contributed by atoms with van der Waals surface area (Å²) in [6.45, 7) is 2.29. The summed E-state index contributed by atoms with van der Waals surface area (Å²) in [5, 5.41) is 2.58. The van der Waals surface area contributed by atoms with E-state index in [0.29, 0.717) is 12.3 Å². The van der Waals surface area contributed by atoms with Crippen molar-refractivity contribution in [3.63, 3.8) is 0 Å². The zero-order chi connectivity index (χ0) is 17.4. The van der Waals surface area contributed by atoms with Crippen LogP contribution < -0.4 is 10.0 Å². The van der Waals surface area contributed by atoms with Gasteiger partial charge in [-0.25, -0.2) is 13.1 Å². The molecule has 1 amide bonds. The van der Waals surface area contributed by atoms with E-state index >= 15 is 0 Å². The number of carbonyl (C=O) groups is 1. The van der Waals surface area contributed by atoms with E-state index in [9.17, 15) is 13.2 Å². The lowest BCUT2D eigenvalue weighted by Gasteiger charge is -2.08. The standard InChI is InChI=1S/C17H20N2O4S/c1-14(20)19-16-7-9-17(10-8-16)24(21,22)18-11-12-23-13-15-5-3-2-4-6-15/h2-10,18H,11-13H2,1H3,(H,19,20). The highest BCUT2D eigenvalue weighted by molar-refractivity contribution is 7.89. The molecule has 128 valence electrons. The van der Waals surface area contributed by atoms with Gasteiger partial charge in [-0.1, -0.05) is 30.3 Å². The predicted molar refractivity (Wildman–Crippen MR) is 92.0 cm³/mol. The number of hydrogen-bond donors (Lipinski definition) is 2. The molecule has 0 fully saturated rings. The van der Waals surface area contributed by atoms with E-state index in [-0.39, 0.29) is 24.0 Å². The molecular weight excluding hydrogens is 328 g/mol. The molecule has 2 aromatic carbocycles. The fourth-order valence-electron chi connectivity index (χ4n) is 2.02. The number of ether oxygens (including phenoxy) is 1. The van der Waals surface area contributed by atoms with Crippen LogP contribution in [0.3, 0.4) is 0 Å². The van der Waals surface area contributed by atoms with Crippen molar-refractivity contribution in [2.24, 2.45) is 0 Å². The third kappa shape index (κ3) is 5.77. The van der Waals surface area contributed by atoms with Crippen LogP contribution in [-0.2, 0) is 26.2 Å². The maximum atomic E-state index is 12.1. The number of benzene rings is 2. The van der Waals surface area contributed by atoms with Gasteiger partial charge in [0.25, 0.3) is 0 Å². The second kappa shape index (κ2) is 8.58. The first-order chi connectivity index (χ1) is 11.5. The zero-order valence-electron chi connectivity index (χ0n) is 13.4.